The molecule has 0 radical (unpaired) electrons. The van der Waals surface area contributed by atoms with E-state index in [0.29, 0.717) is 18.8 Å². The topological polar surface area (TPSA) is 42.3 Å². The van der Waals surface area contributed by atoms with Gasteiger partial charge in [0.05, 0.1) is 5.56 Å². The van der Waals surface area contributed by atoms with Crippen LogP contribution < -0.4 is 5.56 Å². The molecule has 2 aromatic heterocycles. The number of rotatable bonds is 4. The number of carbonyl (C=O) groups is 1. The molecule has 0 aliphatic heterocycles. The second kappa shape index (κ2) is 6.35. The van der Waals surface area contributed by atoms with Crippen molar-refractivity contribution >= 4 is 17.2 Å². The maximum absolute atomic E-state index is 12.6. The zero-order valence-electron chi connectivity index (χ0n) is 11.6. The number of alkyl halides is 3. The number of hydrogen-bond acceptors (Lipinski definition) is 3. The standard InChI is InChI=1S/C14H13F3N2O2S/c1-18(6-10-4-5-22-9-10)13(21)8-19-7-11(14(15,16)17)2-3-12(19)20/h2-5,7,9H,6,8H2,1H3. The average Bonchev–Trinajstić information content (AvgIpc) is 2.92. The highest BCUT2D eigenvalue weighted by Gasteiger charge is 2.31. The van der Waals surface area contributed by atoms with Crippen LogP contribution in [0.5, 0.6) is 0 Å². The van der Waals surface area contributed by atoms with Crippen molar-refractivity contribution in [1.82, 2.24) is 9.47 Å². The van der Waals surface area contributed by atoms with Crippen molar-refractivity contribution in [3.63, 3.8) is 0 Å². The summed E-state index contributed by atoms with van der Waals surface area (Å²) in [6.45, 7) is -0.0839. The van der Waals surface area contributed by atoms with E-state index < -0.39 is 29.8 Å². The van der Waals surface area contributed by atoms with Gasteiger partial charge in [-0.1, -0.05) is 0 Å². The van der Waals surface area contributed by atoms with Gasteiger partial charge in [0.25, 0.3) is 5.56 Å². The Hall–Kier alpha value is -2.09. The molecule has 0 aromatic carbocycles. The van der Waals surface area contributed by atoms with E-state index in [9.17, 15) is 22.8 Å². The number of carbonyl (C=O) groups excluding carboxylic acids is 1. The fraction of sp³-hybridized carbons (Fsp3) is 0.286. The van der Waals surface area contributed by atoms with Crippen molar-refractivity contribution in [1.29, 1.82) is 0 Å². The molecule has 0 spiro atoms. The lowest BCUT2D eigenvalue weighted by Crippen LogP contribution is -2.33. The number of thiophene rings is 1. The Morgan fingerprint density at radius 2 is 2.05 bits per heavy atom. The van der Waals surface area contributed by atoms with Gasteiger partial charge in [0.15, 0.2) is 0 Å². The fourth-order valence-electron chi connectivity index (χ4n) is 1.83. The first-order chi connectivity index (χ1) is 10.3. The van der Waals surface area contributed by atoms with Gasteiger partial charge in [-0.05, 0) is 28.5 Å². The van der Waals surface area contributed by atoms with E-state index in [0.717, 1.165) is 16.2 Å². The molecule has 0 fully saturated rings. The Morgan fingerprint density at radius 1 is 1.32 bits per heavy atom. The second-order valence-corrected chi connectivity index (χ2v) is 5.54. The Labute approximate surface area is 128 Å². The highest BCUT2D eigenvalue weighted by atomic mass is 32.1. The van der Waals surface area contributed by atoms with Crippen LogP contribution in [-0.4, -0.2) is 22.4 Å². The van der Waals surface area contributed by atoms with Gasteiger partial charge in [-0.15, -0.1) is 0 Å². The van der Waals surface area contributed by atoms with Crippen molar-refractivity contribution in [3.8, 4) is 0 Å². The molecule has 0 aliphatic rings. The van der Waals surface area contributed by atoms with Crippen LogP contribution in [0.4, 0.5) is 13.2 Å². The summed E-state index contributed by atoms with van der Waals surface area (Å²) in [7, 11) is 1.54. The van der Waals surface area contributed by atoms with Crippen molar-refractivity contribution in [2.24, 2.45) is 0 Å². The number of halogens is 3. The Bertz CT molecular complexity index is 708. The quantitative estimate of drug-likeness (QED) is 0.865. The van der Waals surface area contributed by atoms with Crippen LogP contribution >= 0.6 is 11.3 Å². The molecule has 0 saturated carbocycles. The Balaban J connectivity index is 2.12. The van der Waals surface area contributed by atoms with Crippen molar-refractivity contribution in [2.75, 3.05) is 7.05 Å². The smallest absolute Gasteiger partial charge is 0.340 e. The van der Waals surface area contributed by atoms with E-state index in [1.807, 2.05) is 16.8 Å². The summed E-state index contributed by atoms with van der Waals surface area (Å²) in [6, 6.07) is 3.37. The fourth-order valence-corrected chi connectivity index (χ4v) is 2.49. The zero-order valence-corrected chi connectivity index (χ0v) is 12.4. The van der Waals surface area contributed by atoms with Crippen LogP contribution in [0.25, 0.3) is 0 Å². The monoisotopic (exact) mass is 330 g/mol. The van der Waals surface area contributed by atoms with Crippen LogP contribution in [0.15, 0.2) is 40.0 Å². The van der Waals surface area contributed by atoms with E-state index in [1.54, 1.807) is 7.05 Å². The van der Waals surface area contributed by atoms with Crippen LogP contribution in [0, 0.1) is 0 Å². The summed E-state index contributed by atoms with van der Waals surface area (Å²) in [6.07, 6.45) is -3.89. The predicted molar refractivity (Wildman–Crippen MR) is 76.5 cm³/mol. The molecule has 8 heteroatoms. The number of nitrogens with zero attached hydrogens (tertiary/aromatic N) is 2. The summed E-state index contributed by atoms with van der Waals surface area (Å²) in [4.78, 5) is 25.0. The average molecular weight is 330 g/mol. The first-order valence-corrected chi connectivity index (χ1v) is 7.24. The predicted octanol–water partition coefficient (Wildman–Crippen LogP) is 2.59. The van der Waals surface area contributed by atoms with Gasteiger partial charge >= 0.3 is 6.18 Å². The second-order valence-electron chi connectivity index (χ2n) is 4.76. The van der Waals surface area contributed by atoms with E-state index in [4.69, 9.17) is 0 Å². The molecule has 0 N–H and O–H groups in total. The normalized spacial score (nSPS) is 11.5. The molecule has 2 heterocycles. The van der Waals surface area contributed by atoms with Gasteiger partial charge in [-0.3, -0.25) is 9.59 Å². The van der Waals surface area contributed by atoms with Gasteiger partial charge < -0.3 is 9.47 Å². The van der Waals surface area contributed by atoms with E-state index >= 15 is 0 Å². The Morgan fingerprint density at radius 3 is 2.64 bits per heavy atom. The number of pyridine rings is 1. The van der Waals surface area contributed by atoms with Crippen molar-refractivity contribution < 1.29 is 18.0 Å². The van der Waals surface area contributed by atoms with Crippen LogP contribution in [0.3, 0.4) is 0 Å². The lowest BCUT2D eigenvalue weighted by molar-refractivity contribution is -0.138. The first-order valence-electron chi connectivity index (χ1n) is 6.30. The SMILES string of the molecule is CN(Cc1ccsc1)C(=O)Cn1cc(C(F)(F)F)ccc1=O. The molecule has 0 saturated heterocycles. The third kappa shape index (κ3) is 3.97. The van der Waals surface area contributed by atoms with Gasteiger partial charge in [0.1, 0.15) is 6.54 Å². The molecule has 0 bridgehead atoms. The largest absolute Gasteiger partial charge is 0.417 e. The third-order valence-electron chi connectivity index (χ3n) is 3.04. The number of amides is 1. The molecule has 0 atom stereocenters. The molecular formula is C14H13F3N2O2S. The minimum absolute atomic E-state index is 0.343. The van der Waals surface area contributed by atoms with Crippen LogP contribution in [0.1, 0.15) is 11.1 Å². The van der Waals surface area contributed by atoms with E-state index in [2.05, 4.69) is 0 Å². The van der Waals surface area contributed by atoms with E-state index in [1.165, 1.54) is 16.2 Å². The molecule has 118 valence electrons. The minimum atomic E-state index is -4.55. The summed E-state index contributed by atoms with van der Waals surface area (Å²) in [5, 5.41) is 3.74. The molecule has 1 amide bonds. The molecule has 0 unspecified atom stereocenters. The maximum Gasteiger partial charge on any atom is 0.417 e. The molecule has 22 heavy (non-hydrogen) atoms. The van der Waals surface area contributed by atoms with Gasteiger partial charge in [-0.25, -0.2) is 0 Å². The summed E-state index contributed by atoms with van der Waals surface area (Å²) in [5.74, 6) is -0.437. The molecular weight excluding hydrogens is 317 g/mol. The van der Waals surface area contributed by atoms with Crippen LogP contribution in [-0.2, 0) is 24.1 Å². The number of aromatic nitrogens is 1. The maximum atomic E-state index is 12.6. The molecule has 0 aliphatic carbocycles. The molecule has 4 nitrogen and oxygen atoms in total. The third-order valence-corrected chi connectivity index (χ3v) is 3.77. The summed E-state index contributed by atoms with van der Waals surface area (Å²) < 4.78 is 38.7. The van der Waals surface area contributed by atoms with Crippen molar-refractivity contribution in [3.05, 3.63) is 56.6 Å². The Kier molecular flexibility index (Phi) is 4.70. The first kappa shape index (κ1) is 16.3. The van der Waals surface area contributed by atoms with E-state index in [-0.39, 0.29) is 0 Å². The van der Waals surface area contributed by atoms with Crippen molar-refractivity contribution in [2.45, 2.75) is 19.3 Å². The van der Waals surface area contributed by atoms with Gasteiger partial charge in [-0.2, -0.15) is 24.5 Å². The van der Waals surface area contributed by atoms with Gasteiger partial charge in [0.2, 0.25) is 5.91 Å². The number of hydrogen-bond donors (Lipinski definition) is 0. The zero-order chi connectivity index (χ0) is 16.3. The molecule has 2 aromatic rings. The van der Waals surface area contributed by atoms with Crippen LogP contribution in [0.2, 0.25) is 0 Å². The number of likely N-dealkylation sites (N-methyl/N-ethyl adjacent to an activating group) is 1. The summed E-state index contributed by atoms with van der Waals surface area (Å²) >= 11 is 1.49. The molecule has 2 rings (SSSR count). The highest BCUT2D eigenvalue weighted by Crippen LogP contribution is 2.28. The van der Waals surface area contributed by atoms with Gasteiger partial charge in [0, 0.05) is 25.9 Å². The highest BCUT2D eigenvalue weighted by molar-refractivity contribution is 7.07. The summed E-state index contributed by atoms with van der Waals surface area (Å²) in [5.41, 5.74) is -0.678. The lowest BCUT2D eigenvalue weighted by atomic mass is 10.2. The lowest BCUT2D eigenvalue weighted by Gasteiger charge is -2.17. The minimum Gasteiger partial charge on any atom is -0.340 e.